The number of anilines is 1. The van der Waals surface area contributed by atoms with Crippen LogP contribution in [0.1, 0.15) is 21.8 Å². The van der Waals surface area contributed by atoms with Crippen molar-refractivity contribution in [2.45, 2.75) is 6.92 Å². The second kappa shape index (κ2) is 5.38. The van der Waals surface area contributed by atoms with Gasteiger partial charge in [0.25, 0.3) is 5.91 Å². The van der Waals surface area contributed by atoms with Crippen LogP contribution in [0.4, 0.5) is 5.69 Å². The molecule has 0 atom stereocenters. The number of thiocarbonyl (C=S) groups is 1. The Hall–Kier alpha value is -1.92. The van der Waals surface area contributed by atoms with Gasteiger partial charge in [0, 0.05) is 11.6 Å². The number of aromatic nitrogens is 1. The monoisotopic (exact) mass is 295 g/mol. The summed E-state index contributed by atoms with van der Waals surface area (Å²) in [4.78, 5) is 12.1. The summed E-state index contributed by atoms with van der Waals surface area (Å²) < 4.78 is 4.83. The van der Waals surface area contributed by atoms with Crippen LogP contribution in [0.25, 0.3) is 0 Å². The molecule has 0 spiro atoms. The summed E-state index contributed by atoms with van der Waals surface area (Å²) in [5.74, 6) is 0.155. The molecule has 0 aliphatic heterocycles. The fourth-order valence-electron chi connectivity index (χ4n) is 1.43. The normalized spacial score (nSPS) is 10.2. The van der Waals surface area contributed by atoms with E-state index < -0.39 is 5.91 Å². The van der Waals surface area contributed by atoms with E-state index in [1.54, 1.807) is 25.1 Å². The summed E-state index contributed by atoms with van der Waals surface area (Å²) in [7, 11) is 0. The molecule has 0 bridgehead atoms. The van der Waals surface area contributed by atoms with Crippen LogP contribution in [0, 0.1) is 6.92 Å². The third kappa shape index (κ3) is 3.10. The number of nitrogens with two attached hydrogens (primary N) is 1. The van der Waals surface area contributed by atoms with Crippen molar-refractivity contribution in [3.63, 3.8) is 0 Å². The number of halogens is 1. The van der Waals surface area contributed by atoms with Crippen LogP contribution >= 0.6 is 23.8 Å². The first-order valence-electron chi connectivity index (χ1n) is 5.31. The average Bonchev–Trinajstić information content (AvgIpc) is 2.78. The number of carbonyl (C=O) groups excluding carboxylic acids is 1. The fraction of sp³-hybridized carbons (Fsp3) is 0.0833. The third-order valence-electron chi connectivity index (χ3n) is 2.36. The van der Waals surface area contributed by atoms with E-state index in [2.05, 4.69) is 10.5 Å². The molecule has 0 saturated carbocycles. The van der Waals surface area contributed by atoms with Gasteiger partial charge in [0.1, 0.15) is 10.7 Å². The molecule has 0 saturated heterocycles. The van der Waals surface area contributed by atoms with E-state index in [9.17, 15) is 4.79 Å². The summed E-state index contributed by atoms with van der Waals surface area (Å²) in [5, 5.41) is 6.59. The Kier molecular flexibility index (Phi) is 3.82. The second-order valence-corrected chi connectivity index (χ2v) is 4.68. The van der Waals surface area contributed by atoms with Crippen molar-refractivity contribution in [3.8, 4) is 0 Å². The van der Waals surface area contributed by atoms with E-state index in [1.807, 2.05) is 0 Å². The number of nitrogens with zero attached hydrogens (tertiary/aromatic N) is 1. The van der Waals surface area contributed by atoms with Crippen LogP contribution < -0.4 is 11.1 Å². The molecule has 0 unspecified atom stereocenters. The summed E-state index contributed by atoms with van der Waals surface area (Å²) in [6.07, 6.45) is 0. The summed E-state index contributed by atoms with van der Waals surface area (Å²) in [6.45, 7) is 1.70. The molecule has 3 N–H and O–H groups in total. The van der Waals surface area contributed by atoms with Crippen molar-refractivity contribution in [2.24, 2.45) is 5.73 Å². The Morgan fingerprint density at radius 2 is 2.21 bits per heavy atom. The van der Waals surface area contributed by atoms with Gasteiger partial charge in [-0.2, -0.15) is 0 Å². The van der Waals surface area contributed by atoms with Gasteiger partial charge in [0.2, 0.25) is 0 Å². The lowest BCUT2D eigenvalue weighted by Gasteiger charge is -2.07. The molecule has 7 heteroatoms. The first-order chi connectivity index (χ1) is 8.97. The highest BCUT2D eigenvalue weighted by atomic mass is 35.5. The van der Waals surface area contributed by atoms with Crippen molar-refractivity contribution >= 4 is 40.4 Å². The first kappa shape index (κ1) is 13.5. The van der Waals surface area contributed by atoms with Gasteiger partial charge in [0.15, 0.2) is 5.69 Å². The van der Waals surface area contributed by atoms with Crippen molar-refractivity contribution in [1.82, 2.24) is 5.16 Å². The Labute approximate surface area is 119 Å². The van der Waals surface area contributed by atoms with Crippen LogP contribution in [0.5, 0.6) is 0 Å². The van der Waals surface area contributed by atoms with Gasteiger partial charge in [-0.15, -0.1) is 0 Å². The molecule has 2 rings (SSSR count). The maximum atomic E-state index is 11.9. The molecule has 0 aliphatic rings. The second-order valence-electron chi connectivity index (χ2n) is 3.84. The highest BCUT2D eigenvalue weighted by Gasteiger charge is 2.13. The Balaban J connectivity index is 2.20. The van der Waals surface area contributed by atoms with E-state index in [1.165, 1.54) is 6.07 Å². The molecule has 5 nitrogen and oxygen atoms in total. The van der Waals surface area contributed by atoms with Crippen LogP contribution in [0.3, 0.4) is 0 Å². The molecule has 0 radical (unpaired) electrons. The predicted molar refractivity (Wildman–Crippen MR) is 76.5 cm³/mol. The number of hydrogen-bond acceptors (Lipinski definition) is 4. The molecule has 1 aromatic heterocycles. The minimum absolute atomic E-state index is 0.187. The number of rotatable bonds is 3. The average molecular weight is 296 g/mol. The minimum atomic E-state index is -0.401. The molecular formula is C12H10ClN3O2S. The predicted octanol–water partition coefficient (Wildman–Crippen LogP) is 2.52. The summed E-state index contributed by atoms with van der Waals surface area (Å²) in [5.41, 5.74) is 6.76. The van der Waals surface area contributed by atoms with E-state index in [0.29, 0.717) is 22.0 Å². The molecule has 0 aliphatic carbocycles. The van der Waals surface area contributed by atoms with Crippen LogP contribution in [0.2, 0.25) is 5.02 Å². The van der Waals surface area contributed by atoms with E-state index in [4.69, 9.17) is 34.1 Å². The van der Waals surface area contributed by atoms with Crippen molar-refractivity contribution < 1.29 is 9.32 Å². The van der Waals surface area contributed by atoms with Gasteiger partial charge < -0.3 is 15.6 Å². The van der Waals surface area contributed by atoms with Gasteiger partial charge in [-0.1, -0.05) is 29.0 Å². The van der Waals surface area contributed by atoms with Gasteiger partial charge in [-0.25, -0.2) is 0 Å². The molecule has 1 amide bonds. The molecule has 19 heavy (non-hydrogen) atoms. The first-order valence-corrected chi connectivity index (χ1v) is 6.10. The zero-order valence-corrected chi connectivity index (χ0v) is 11.5. The molecule has 0 fully saturated rings. The number of benzene rings is 1. The van der Waals surface area contributed by atoms with Gasteiger partial charge >= 0.3 is 0 Å². The molecule has 1 aromatic carbocycles. The fourth-order valence-corrected chi connectivity index (χ4v) is 1.78. The van der Waals surface area contributed by atoms with Crippen molar-refractivity contribution in [1.29, 1.82) is 0 Å². The lowest BCUT2D eigenvalue weighted by atomic mass is 10.2. The maximum absolute atomic E-state index is 11.9. The summed E-state index contributed by atoms with van der Waals surface area (Å²) >= 11 is 10.9. The molecule has 98 valence electrons. The number of aryl methyl sites for hydroxylation is 1. The standard InChI is InChI=1S/C12H10ClN3O2S/c1-6-4-10(16-18-6)12(17)15-9-3-2-7(11(14)19)5-8(9)13/h2-5H,1H3,(H2,14,19)(H,15,17). The molecular weight excluding hydrogens is 286 g/mol. The van der Waals surface area contributed by atoms with Crippen LogP contribution in [0.15, 0.2) is 28.8 Å². The smallest absolute Gasteiger partial charge is 0.277 e. The topological polar surface area (TPSA) is 81.2 Å². The third-order valence-corrected chi connectivity index (χ3v) is 2.91. The lowest BCUT2D eigenvalue weighted by Crippen LogP contribution is -2.13. The zero-order valence-electron chi connectivity index (χ0n) is 9.94. The van der Waals surface area contributed by atoms with E-state index in [-0.39, 0.29) is 10.7 Å². The zero-order chi connectivity index (χ0) is 14.0. The maximum Gasteiger partial charge on any atom is 0.277 e. The minimum Gasteiger partial charge on any atom is -0.389 e. The van der Waals surface area contributed by atoms with Crippen LogP contribution in [-0.2, 0) is 0 Å². The highest BCUT2D eigenvalue weighted by molar-refractivity contribution is 7.80. The van der Waals surface area contributed by atoms with Crippen LogP contribution in [-0.4, -0.2) is 16.1 Å². The van der Waals surface area contributed by atoms with E-state index >= 15 is 0 Å². The quantitative estimate of drug-likeness (QED) is 0.850. The van der Waals surface area contributed by atoms with E-state index in [0.717, 1.165) is 0 Å². The number of hydrogen-bond donors (Lipinski definition) is 2. The number of carbonyl (C=O) groups is 1. The van der Waals surface area contributed by atoms with Gasteiger partial charge in [0.05, 0.1) is 10.7 Å². The van der Waals surface area contributed by atoms with Crippen molar-refractivity contribution in [3.05, 3.63) is 46.3 Å². The number of nitrogens with one attached hydrogen (secondary N) is 1. The highest BCUT2D eigenvalue weighted by Crippen LogP contribution is 2.23. The summed E-state index contributed by atoms with van der Waals surface area (Å²) in [6, 6.07) is 6.43. The largest absolute Gasteiger partial charge is 0.389 e. The van der Waals surface area contributed by atoms with Crippen molar-refractivity contribution in [2.75, 3.05) is 5.32 Å². The SMILES string of the molecule is Cc1cc(C(=O)Nc2ccc(C(N)=S)cc2Cl)no1. The van der Waals surface area contributed by atoms with Gasteiger partial charge in [-0.3, -0.25) is 4.79 Å². The lowest BCUT2D eigenvalue weighted by molar-refractivity contribution is 0.101. The Morgan fingerprint density at radius 3 is 2.74 bits per heavy atom. The Morgan fingerprint density at radius 1 is 1.47 bits per heavy atom. The van der Waals surface area contributed by atoms with Gasteiger partial charge in [-0.05, 0) is 25.1 Å². The number of amides is 1. The Bertz CT molecular complexity index is 654. The molecule has 1 heterocycles. The molecule has 2 aromatic rings.